The number of benzene rings is 1. The zero-order chi connectivity index (χ0) is 13.2. The largest absolute Gasteiger partial charge is 0.339 e. The van der Waals surface area contributed by atoms with Crippen LogP contribution < -0.4 is 5.32 Å². The maximum absolute atomic E-state index is 12.9. The van der Waals surface area contributed by atoms with E-state index in [9.17, 15) is 9.18 Å². The van der Waals surface area contributed by atoms with Crippen LogP contribution >= 0.6 is 0 Å². The van der Waals surface area contributed by atoms with Crippen LogP contribution in [0.4, 0.5) is 4.39 Å². The third kappa shape index (κ3) is 2.53. The van der Waals surface area contributed by atoms with Crippen molar-refractivity contribution in [3.05, 3.63) is 35.6 Å². The molecule has 1 saturated heterocycles. The molecule has 2 rings (SSSR count). The van der Waals surface area contributed by atoms with Gasteiger partial charge in [0, 0.05) is 26.2 Å². The number of nitrogens with zero attached hydrogens (tertiary/aromatic N) is 1. The number of nitrogens with one attached hydrogen (secondary N) is 1. The SMILES string of the molecule is CC(C)(C(=O)N1CCNCC1)c1ccc(F)cc1. The molecule has 0 unspecified atom stereocenters. The lowest BCUT2D eigenvalue weighted by molar-refractivity contribution is -0.136. The Morgan fingerprint density at radius 3 is 2.33 bits per heavy atom. The summed E-state index contributed by atoms with van der Waals surface area (Å²) in [6.07, 6.45) is 0. The summed E-state index contributed by atoms with van der Waals surface area (Å²) in [7, 11) is 0. The molecule has 0 aromatic heterocycles. The lowest BCUT2D eigenvalue weighted by Gasteiger charge is -2.35. The highest BCUT2D eigenvalue weighted by molar-refractivity contribution is 5.87. The Bertz CT molecular complexity index is 422. The number of piperazine rings is 1. The van der Waals surface area contributed by atoms with Crippen LogP contribution in [-0.4, -0.2) is 37.0 Å². The van der Waals surface area contributed by atoms with Gasteiger partial charge >= 0.3 is 0 Å². The molecule has 1 aromatic carbocycles. The number of rotatable bonds is 2. The van der Waals surface area contributed by atoms with Gasteiger partial charge in [0.1, 0.15) is 5.82 Å². The first kappa shape index (κ1) is 13.0. The van der Waals surface area contributed by atoms with Crippen molar-refractivity contribution >= 4 is 5.91 Å². The van der Waals surface area contributed by atoms with Crippen LogP contribution in [0.2, 0.25) is 0 Å². The first-order valence-corrected chi connectivity index (χ1v) is 6.28. The van der Waals surface area contributed by atoms with Crippen molar-refractivity contribution in [3.8, 4) is 0 Å². The summed E-state index contributed by atoms with van der Waals surface area (Å²) in [5, 5.41) is 3.22. The fraction of sp³-hybridized carbons (Fsp3) is 0.500. The normalized spacial score (nSPS) is 16.7. The van der Waals surface area contributed by atoms with E-state index in [1.54, 1.807) is 12.1 Å². The molecular formula is C14H19FN2O. The van der Waals surface area contributed by atoms with E-state index in [4.69, 9.17) is 0 Å². The van der Waals surface area contributed by atoms with Crippen molar-refractivity contribution in [2.24, 2.45) is 0 Å². The summed E-state index contributed by atoms with van der Waals surface area (Å²) in [4.78, 5) is 14.4. The summed E-state index contributed by atoms with van der Waals surface area (Å²) >= 11 is 0. The standard InChI is InChI=1S/C14H19FN2O/c1-14(2,11-3-5-12(15)6-4-11)13(18)17-9-7-16-8-10-17/h3-6,16H,7-10H2,1-2H3. The first-order valence-electron chi connectivity index (χ1n) is 6.28. The Morgan fingerprint density at radius 1 is 1.22 bits per heavy atom. The maximum atomic E-state index is 12.9. The van der Waals surface area contributed by atoms with Crippen LogP contribution in [0.25, 0.3) is 0 Å². The molecule has 0 atom stereocenters. The van der Waals surface area contributed by atoms with Crippen LogP contribution in [0.1, 0.15) is 19.4 Å². The average Bonchev–Trinajstić information content (AvgIpc) is 2.39. The Kier molecular flexibility index (Phi) is 3.66. The second kappa shape index (κ2) is 5.06. The Hall–Kier alpha value is -1.42. The molecule has 1 aliphatic heterocycles. The van der Waals surface area contributed by atoms with Crippen LogP contribution in [0.3, 0.4) is 0 Å². The Labute approximate surface area is 107 Å². The second-order valence-electron chi connectivity index (χ2n) is 5.17. The number of halogens is 1. The number of carbonyl (C=O) groups is 1. The molecule has 0 aliphatic carbocycles. The molecule has 0 spiro atoms. The molecule has 1 aromatic rings. The third-order valence-electron chi connectivity index (χ3n) is 3.50. The molecule has 98 valence electrons. The number of hydrogen-bond acceptors (Lipinski definition) is 2. The number of carbonyl (C=O) groups excluding carboxylic acids is 1. The van der Waals surface area contributed by atoms with Gasteiger partial charge in [-0.2, -0.15) is 0 Å². The van der Waals surface area contributed by atoms with Gasteiger partial charge in [0.15, 0.2) is 0 Å². The van der Waals surface area contributed by atoms with Crippen molar-refractivity contribution in [1.29, 1.82) is 0 Å². The highest BCUT2D eigenvalue weighted by Crippen LogP contribution is 2.26. The van der Waals surface area contributed by atoms with E-state index >= 15 is 0 Å². The van der Waals surface area contributed by atoms with Crippen molar-refractivity contribution in [2.45, 2.75) is 19.3 Å². The minimum absolute atomic E-state index is 0.107. The van der Waals surface area contributed by atoms with E-state index in [2.05, 4.69) is 5.32 Å². The maximum Gasteiger partial charge on any atom is 0.232 e. The summed E-state index contributed by atoms with van der Waals surface area (Å²) in [5.74, 6) is -0.167. The Morgan fingerprint density at radius 2 is 1.78 bits per heavy atom. The van der Waals surface area contributed by atoms with Crippen molar-refractivity contribution in [2.75, 3.05) is 26.2 Å². The first-order chi connectivity index (χ1) is 8.51. The summed E-state index contributed by atoms with van der Waals surface area (Å²) in [6, 6.07) is 6.19. The van der Waals surface area contributed by atoms with Gasteiger partial charge in [-0.1, -0.05) is 12.1 Å². The molecule has 0 bridgehead atoms. The smallest absolute Gasteiger partial charge is 0.232 e. The Balaban J connectivity index is 2.18. The lowest BCUT2D eigenvalue weighted by atomic mass is 9.83. The predicted octanol–water partition coefficient (Wildman–Crippen LogP) is 1.54. The van der Waals surface area contributed by atoms with Crippen LogP contribution in [-0.2, 0) is 10.2 Å². The minimum Gasteiger partial charge on any atom is -0.339 e. The summed E-state index contributed by atoms with van der Waals surface area (Å²) in [6.45, 7) is 6.94. The fourth-order valence-corrected chi connectivity index (χ4v) is 2.25. The second-order valence-corrected chi connectivity index (χ2v) is 5.17. The topological polar surface area (TPSA) is 32.3 Å². The zero-order valence-corrected chi connectivity index (χ0v) is 10.9. The van der Waals surface area contributed by atoms with Gasteiger partial charge < -0.3 is 10.2 Å². The van der Waals surface area contributed by atoms with E-state index in [-0.39, 0.29) is 11.7 Å². The molecule has 0 saturated carbocycles. The molecule has 1 fully saturated rings. The van der Waals surface area contributed by atoms with Gasteiger partial charge in [0.05, 0.1) is 5.41 Å². The molecule has 4 heteroatoms. The quantitative estimate of drug-likeness (QED) is 0.863. The monoisotopic (exact) mass is 250 g/mol. The summed E-state index contributed by atoms with van der Waals surface area (Å²) in [5.41, 5.74) is 0.248. The molecular weight excluding hydrogens is 231 g/mol. The molecule has 0 radical (unpaired) electrons. The van der Waals surface area contributed by atoms with E-state index in [1.165, 1.54) is 12.1 Å². The van der Waals surface area contributed by atoms with Crippen molar-refractivity contribution in [1.82, 2.24) is 10.2 Å². The lowest BCUT2D eigenvalue weighted by Crippen LogP contribution is -2.51. The van der Waals surface area contributed by atoms with E-state index in [1.807, 2.05) is 18.7 Å². The third-order valence-corrected chi connectivity index (χ3v) is 3.50. The van der Waals surface area contributed by atoms with E-state index in [0.29, 0.717) is 0 Å². The highest BCUT2D eigenvalue weighted by atomic mass is 19.1. The predicted molar refractivity (Wildman–Crippen MR) is 68.9 cm³/mol. The summed E-state index contributed by atoms with van der Waals surface area (Å²) < 4.78 is 12.9. The zero-order valence-electron chi connectivity index (χ0n) is 10.9. The fourth-order valence-electron chi connectivity index (χ4n) is 2.25. The highest BCUT2D eigenvalue weighted by Gasteiger charge is 2.34. The van der Waals surface area contributed by atoms with Gasteiger partial charge in [-0.15, -0.1) is 0 Å². The molecule has 1 heterocycles. The van der Waals surface area contributed by atoms with Crippen LogP contribution in [0, 0.1) is 5.82 Å². The van der Waals surface area contributed by atoms with E-state index < -0.39 is 5.41 Å². The van der Waals surface area contributed by atoms with Gasteiger partial charge in [-0.3, -0.25) is 4.79 Å². The minimum atomic E-state index is -0.606. The van der Waals surface area contributed by atoms with Crippen molar-refractivity contribution < 1.29 is 9.18 Å². The molecule has 18 heavy (non-hydrogen) atoms. The number of hydrogen-bond donors (Lipinski definition) is 1. The van der Waals surface area contributed by atoms with Gasteiger partial charge in [0.2, 0.25) is 5.91 Å². The molecule has 1 amide bonds. The molecule has 1 N–H and O–H groups in total. The number of amides is 1. The van der Waals surface area contributed by atoms with Crippen LogP contribution in [0.15, 0.2) is 24.3 Å². The van der Waals surface area contributed by atoms with Crippen LogP contribution in [0.5, 0.6) is 0 Å². The molecule has 3 nitrogen and oxygen atoms in total. The van der Waals surface area contributed by atoms with Gasteiger partial charge in [-0.05, 0) is 31.5 Å². The van der Waals surface area contributed by atoms with Gasteiger partial charge in [0.25, 0.3) is 0 Å². The molecule has 1 aliphatic rings. The van der Waals surface area contributed by atoms with Crippen molar-refractivity contribution in [3.63, 3.8) is 0 Å². The van der Waals surface area contributed by atoms with E-state index in [0.717, 1.165) is 31.7 Å². The average molecular weight is 250 g/mol. The van der Waals surface area contributed by atoms with Gasteiger partial charge in [-0.25, -0.2) is 4.39 Å².